The van der Waals surface area contributed by atoms with Crippen LogP contribution < -0.4 is 0 Å². The summed E-state index contributed by atoms with van der Waals surface area (Å²) in [7, 11) is 0. The summed E-state index contributed by atoms with van der Waals surface area (Å²) in [6, 6.07) is 69.3. The summed E-state index contributed by atoms with van der Waals surface area (Å²) in [6.07, 6.45) is 0. The molecule has 2 heteroatoms. The number of aromatic nitrogens is 1. The molecule has 9 aromatic carbocycles. The Balaban J connectivity index is 0.989. The van der Waals surface area contributed by atoms with Gasteiger partial charge in [-0.2, -0.15) is 0 Å². The van der Waals surface area contributed by atoms with E-state index in [9.17, 15) is 0 Å². The first-order chi connectivity index (χ1) is 27.3. The minimum absolute atomic E-state index is 0.390. The molecule has 0 atom stereocenters. The number of para-hydroxylation sites is 1. The van der Waals surface area contributed by atoms with Crippen molar-refractivity contribution in [3.8, 4) is 39.1 Å². The highest BCUT2D eigenvalue weighted by Gasteiger charge is 2.51. The molecule has 0 bridgehead atoms. The van der Waals surface area contributed by atoms with E-state index < -0.39 is 5.41 Å². The Kier molecular flexibility index (Phi) is 5.59. The van der Waals surface area contributed by atoms with Gasteiger partial charge >= 0.3 is 0 Å². The van der Waals surface area contributed by atoms with Crippen LogP contribution in [-0.2, 0) is 5.41 Å². The SMILES string of the molecule is c1ccc2c(c1)-c1ccccc1C21c2ccccc2-c2cc3c(cc21)oc1cc(-c2ccc4c(c2)c2ccccc2n4-c2ccc4ccccc4c2)ccc13. The topological polar surface area (TPSA) is 18.1 Å². The van der Waals surface area contributed by atoms with Crippen molar-refractivity contribution in [2.24, 2.45) is 0 Å². The molecule has 0 fully saturated rings. The zero-order valence-corrected chi connectivity index (χ0v) is 29.8. The van der Waals surface area contributed by atoms with Gasteiger partial charge in [-0.1, -0.05) is 133 Å². The molecule has 0 amide bonds. The van der Waals surface area contributed by atoms with Crippen molar-refractivity contribution in [3.63, 3.8) is 0 Å². The summed E-state index contributed by atoms with van der Waals surface area (Å²) < 4.78 is 9.27. The molecule has 0 saturated carbocycles. The number of benzene rings is 9. The van der Waals surface area contributed by atoms with Crippen LogP contribution >= 0.6 is 0 Å². The second kappa shape index (κ2) is 10.5. The van der Waals surface area contributed by atoms with Gasteiger partial charge in [0, 0.05) is 27.2 Å². The van der Waals surface area contributed by atoms with Gasteiger partial charge in [-0.25, -0.2) is 0 Å². The van der Waals surface area contributed by atoms with Gasteiger partial charge in [0.2, 0.25) is 0 Å². The molecular formula is C53H31NO. The first-order valence-corrected chi connectivity index (χ1v) is 19.1. The lowest BCUT2D eigenvalue weighted by molar-refractivity contribution is 0.666. The molecule has 2 aliphatic carbocycles. The Morgan fingerprint density at radius 3 is 1.73 bits per heavy atom. The van der Waals surface area contributed by atoms with E-state index in [0.29, 0.717) is 0 Å². The second-order valence-corrected chi connectivity index (χ2v) is 15.2. The lowest BCUT2D eigenvalue weighted by Crippen LogP contribution is -2.25. The third-order valence-corrected chi connectivity index (χ3v) is 12.6. The minimum atomic E-state index is -0.390. The molecule has 254 valence electrons. The van der Waals surface area contributed by atoms with Gasteiger partial charge in [0.1, 0.15) is 11.2 Å². The van der Waals surface area contributed by atoms with Crippen LogP contribution in [0, 0.1) is 0 Å². The van der Waals surface area contributed by atoms with E-state index in [4.69, 9.17) is 4.42 Å². The molecule has 0 saturated heterocycles. The number of hydrogen-bond donors (Lipinski definition) is 0. The van der Waals surface area contributed by atoms with Crippen molar-refractivity contribution < 1.29 is 4.42 Å². The van der Waals surface area contributed by atoms with Crippen molar-refractivity contribution in [3.05, 3.63) is 210 Å². The Bertz CT molecular complexity index is 3400. The average Bonchev–Trinajstić information content (AvgIpc) is 3.95. The Morgan fingerprint density at radius 1 is 0.345 bits per heavy atom. The molecule has 0 unspecified atom stereocenters. The molecule has 2 aliphatic rings. The van der Waals surface area contributed by atoms with Crippen LogP contribution in [0.4, 0.5) is 0 Å². The van der Waals surface area contributed by atoms with Crippen LogP contribution in [0.15, 0.2) is 192 Å². The third kappa shape index (κ3) is 3.73. The number of nitrogens with zero attached hydrogens (tertiary/aromatic N) is 1. The summed E-state index contributed by atoms with van der Waals surface area (Å²) in [5.74, 6) is 0. The highest BCUT2D eigenvalue weighted by Crippen LogP contribution is 2.63. The number of fused-ring (bicyclic) bond motifs is 17. The maximum Gasteiger partial charge on any atom is 0.136 e. The lowest BCUT2D eigenvalue weighted by atomic mass is 9.70. The maximum absolute atomic E-state index is 6.87. The van der Waals surface area contributed by atoms with E-state index in [1.54, 1.807) is 0 Å². The minimum Gasteiger partial charge on any atom is -0.456 e. The van der Waals surface area contributed by atoms with E-state index in [2.05, 4.69) is 193 Å². The standard InChI is InChI=1S/C53H31NO/c1-2-12-33-27-36(24-21-32(33)11-1)54-49-20-10-6-16-40(49)43-28-34(23-26-50(43)54)35-22-25-41-44-30-42-39-15-5-9-19-47(39)53(48(42)31-52(44)55-51(41)29-35)45-17-7-3-13-37(45)38-14-4-8-18-46(38)53/h1-31H. The van der Waals surface area contributed by atoms with E-state index >= 15 is 0 Å². The molecule has 2 aromatic heterocycles. The van der Waals surface area contributed by atoms with Gasteiger partial charge in [-0.05, 0) is 121 Å². The van der Waals surface area contributed by atoms with Crippen LogP contribution in [-0.4, -0.2) is 4.57 Å². The zero-order valence-electron chi connectivity index (χ0n) is 29.8. The van der Waals surface area contributed by atoms with Crippen molar-refractivity contribution in [2.75, 3.05) is 0 Å². The van der Waals surface area contributed by atoms with E-state index in [-0.39, 0.29) is 0 Å². The molecular weight excluding hydrogens is 667 g/mol. The first kappa shape index (κ1) is 29.3. The predicted molar refractivity (Wildman–Crippen MR) is 227 cm³/mol. The molecule has 2 heterocycles. The van der Waals surface area contributed by atoms with Crippen LogP contribution in [0.2, 0.25) is 0 Å². The van der Waals surface area contributed by atoms with Gasteiger partial charge in [-0.15, -0.1) is 0 Å². The van der Waals surface area contributed by atoms with Gasteiger partial charge in [0.15, 0.2) is 0 Å². The molecule has 11 aromatic rings. The summed E-state index contributed by atoms with van der Waals surface area (Å²) in [6.45, 7) is 0. The van der Waals surface area contributed by atoms with Gasteiger partial charge in [0.25, 0.3) is 0 Å². The van der Waals surface area contributed by atoms with Crippen LogP contribution in [0.5, 0.6) is 0 Å². The fraction of sp³-hybridized carbons (Fsp3) is 0.0189. The average molecular weight is 698 g/mol. The molecule has 0 radical (unpaired) electrons. The largest absolute Gasteiger partial charge is 0.456 e. The molecule has 13 rings (SSSR count). The fourth-order valence-corrected chi connectivity index (χ4v) is 10.3. The Labute approximate surface area is 317 Å². The van der Waals surface area contributed by atoms with E-state index in [0.717, 1.165) is 27.5 Å². The number of rotatable bonds is 2. The van der Waals surface area contributed by atoms with Crippen molar-refractivity contribution in [2.45, 2.75) is 5.41 Å². The smallest absolute Gasteiger partial charge is 0.136 e. The molecule has 0 N–H and O–H groups in total. The summed E-state index contributed by atoms with van der Waals surface area (Å²) >= 11 is 0. The summed E-state index contributed by atoms with van der Waals surface area (Å²) in [4.78, 5) is 0. The van der Waals surface area contributed by atoms with Crippen LogP contribution in [0.25, 0.3) is 93.6 Å². The Morgan fingerprint density at radius 2 is 0.945 bits per heavy atom. The first-order valence-electron chi connectivity index (χ1n) is 19.1. The van der Waals surface area contributed by atoms with Crippen molar-refractivity contribution in [1.29, 1.82) is 0 Å². The molecule has 1 spiro atoms. The van der Waals surface area contributed by atoms with Gasteiger partial charge in [-0.3, -0.25) is 0 Å². The van der Waals surface area contributed by atoms with Crippen LogP contribution in [0.1, 0.15) is 22.3 Å². The van der Waals surface area contributed by atoms with Gasteiger partial charge < -0.3 is 8.98 Å². The monoisotopic (exact) mass is 697 g/mol. The van der Waals surface area contributed by atoms with Crippen LogP contribution in [0.3, 0.4) is 0 Å². The highest BCUT2D eigenvalue weighted by atomic mass is 16.3. The maximum atomic E-state index is 6.87. The van der Waals surface area contributed by atoms with Crippen molar-refractivity contribution in [1.82, 2.24) is 4.57 Å². The van der Waals surface area contributed by atoms with Gasteiger partial charge in [0.05, 0.1) is 16.4 Å². The molecule has 55 heavy (non-hydrogen) atoms. The number of furan rings is 1. The normalized spacial score (nSPS) is 13.6. The third-order valence-electron chi connectivity index (χ3n) is 12.6. The fourth-order valence-electron chi connectivity index (χ4n) is 10.3. The number of hydrogen-bond acceptors (Lipinski definition) is 1. The van der Waals surface area contributed by atoms with E-state index in [1.807, 2.05) is 0 Å². The molecule has 0 aliphatic heterocycles. The predicted octanol–water partition coefficient (Wildman–Crippen LogP) is 13.8. The zero-order chi connectivity index (χ0) is 35.8. The summed E-state index contributed by atoms with van der Waals surface area (Å²) in [5.41, 5.74) is 17.9. The summed E-state index contributed by atoms with van der Waals surface area (Å²) in [5, 5.41) is 7.27. The highest BCUT2D eigenvalue weighted by molar-refractivity contribution is 6.12. The van der Waals surface area contributed by atoms with Crippen molar-refractivity contribution >= 4 is 54.5 Å². The molecule has 2 nitrogen and oxygen atoms in total. The lowest BCUT2D eigenvalue weighted by Gasteiger charge is -2.30. The second-order valence-electron chi connectivity index (χ2n) is 15.2. The quantitative estimate of drug-likeness (QED) is 0.176. The van der Waals surface area contributed by atoms with E-state index in [1.165, 1.54) is 88.3 Å². The Hall–Kier alpha value is -7.16.